The molecule has 0 aliphatic carbocycles. The van der Waals surface area contributed by atoms with Gasteiger partial charge in [0, 0.05) is 38.9 Å². The van der Waals surface area contributed by atoms with Crippen molar-refractivity contribution >= 4 is 49.6 Å². The molecule has 0 amide bonds. The highest BCUT2D eigenvalue weighted by Crippen LogP contribution is 2.43. The van der Waals surface area contributed by atoms with Crippen molar-refractivity contribution in [3.05, 3.63) is 218 Å². The number of hydrogen-bond donors (Lipinski definition) is 0. The fraction of sp³-hybridized carbons (Fsp3) is 0. The van der Waals surface area contributed by atoms with Crippen LogP contribution in [0.4, 0.5) is 17.1 Å². The van der Waals surface area contributed by atoms with Gasteiger partial charge in [-0.1, -0.05) is 158 Å². The van der Waals surface area contributed by atoms with Gasteiger partial charge in [-0.3, -0.25) is 0 Å². The van der Waals surface area contributed by atoms with Crippen molar-refractivity contribution in [2.24, 2.45) is 0 Å². The summed E-state index contributed by atoms with van der Waals surface area (Å²) in [4.78, 5) is 2.37. The first-order valence-electron chi connectivity index (χ1n) is 18.5. The lowest BCUT2D eigenvalue weighted by molar-refractivity contribution is 1.19. The molecule has 9 aromatic carbocycles. The molecule has 2 heteroatoms. The lowest BCUT2D eigenvalue weighted by Crippen LogP contribution is -2.10. The summed E-state index contributed by atoms with van der Waals surface area (Å²) in [5.74, 6) is 0. The van der Waals surface area contributed by atoms with E-state index < -0.39 is 0 Å². The van der Waals surface area contributed by atoms with E-state index in [2.05, 4.69) is 228 Å². The molecule has 0 bridgehead atoms. The SMILES string of the molecule is c1ccc(-c2ccc(N(c3ccc(-c4ccccc4)cc3)c3cccc(-c4cc5c6ccccc6n(-c6ccccc6)c5c5ccccc45)c3)cc2)cc1. The molecule has 1 heterocycles. The van der Waals surface area contributed by atoms with Crippen molar-refractivity contribution in [2.45, 2.75) is 0 Å². The molecule has 0 unspecified atom stereocenters. The van der Waals surface area contributed by atoms with E-state index in [4.69, 9.17) is 0 Å². The maximum absolute atomic E-state index is 2.42. The van der Waals surface area contributed by atoms with Crippen LogP contribution in [0.3, 0.4) is 0 Å². The van der Waals surface area contributed by atoms with E-state index in [0.717, 1.165) is 22.7 Å². The molecule has 54 heavy (non-hydrogen) atoms. The van der Waals surface area contributed by atoms with Crippen LogP contribution in [-0.4, -0.2) is 4.57 Å². The first-order valence-corrected chi connectivity index (χ1v) is 18.5. The van der Waals surface area contributed by atoms with Gasteiger partial charge in [0.15, 0.2) is 0 Å². The predicted octanol–water partition coefficient (Wildman–Crippen LogP) is 14.4. The fourth-order valence-corrected chi connectivity index (χ4v) is 8.03. The molecule has 0 atom stereocenters. The average molecular weight is 689 g/mol. The molecule has 0 aliphatic heterocycles. The Kier molecular flexibility index (Phi) is 7.85. The summed E-state index contributed by atoms with van der Waals surface area (Å²) in [5.41, 5.74) is 14.1. The number of nitrogens with zero attached hydrogens (tertiary/aromatic N) is 2. The van der Waals surface area contributed by atoms with Crippen molar-refractivity contribution < 1.29 is 0 Å². The van der Waals surface area contributed by atoms with Gasteiger partial charge in [0.2, 0.25) is 0 Å². The Bertz CT molecular complexity index is 2810. The summed E-state index contributed by atoms with van der Waals surface area (Å²) in [6.45, 7) is 0. The fourth-order valence-electron chi connectivity index (χ4n) is 8.03. The van der Waals surface area contributed by atoms with E-state index in [1.54, 1.807) is 0 Å². The molecule has 254 valence electrons. The molecule has 0 fully saturated rings. The minimum atomic E-state index is 1.10. The average Bonchev–Trinajstić information content (AvgIpc) is 3.60. The van der Waals surface area contributed by atoms with E-state index in [0.29, 0.717) is 0 Å². The lowest BCUT2D eigenvalue weighted by atomic mass is 9.94. The Hall–Kier alpha value is -7.16. The van der Waals surface area contributed by atoms with Crippen LogP contribution in [-0.2, 0) is 0 Å². The van der Waals surface area contributed by atoms with Crippen LogP contribution < -0.4 is 4.90 Å². The number of hydrogen-bond acceptors (Lipinski definition) is 1. The van der Waals surface area contributed by atoms with Gasteiger partial charge < -0.3 is 9.47 Å². The number of para-hydroxylation sites is 2. The molecule has 0 saturated heterocycles. The number of benzene rings is 9. The highest BCUT2D eigenvalue weighted by Gasteiger charge is 2.19. The van der Waals surface area contributed by atoms with Crippen molar-refractivity contribution in [1.82, 2.24) is 4.57 Å². The highest BCUT2D eigenvalue weighted by molar-refractivity contribution is 6.22. The van der Waals surface area contributed by atoms with Gasteiger partial charge in [0.05, 0.1) is 11.0 Å². The summed E-state index contributed by atoms with van der Waals surface area (Å²) in [7, 11) is 0. The van der Waals surface area contributed by atoms with E-state index >= 15 is 0 Å². The molecular weight excluding hydrogens is 653 g/mol. The zero-order valence-corrected chi connectivity index (χ0v) is 29.7. The van der Waals surface area contributed by atoms with Crippen LogP contribution in [0, 0.1) is 0 Å². The summed E-state index contributed by atoms with van der Waals surface area (Å²) < 4.78 is 2.42. The maximum atomic E-state index is 2.42. The van der Waals surface area contributed by atoms with Crippen LogP contribution in [0.2, 0.25) is 0 Å². The minimum absolute atomic E-state index is 1.10. The molecule has 0 spiro atoms. The number of aromatic nitrogens is 1. The first-order chi connectivity index (χ1) is 26.8. The number of fused-ring (bicyclic) bond motifs is 5. The smallest absolute Gasteiger partial charge is 0.0619 e. The Morgan fingerprint density at radius 3 is 1.39 bits per heavy atom. The quantitative estimate of drug-likeness (QED) is 0.162. The van der Waals surface area contributed by atoms with Gasteiger partial charge in [0.1, 0.15) is 0 Å². The standard InChI is InChI=1S/C52H36N2/c1-4-15-37(16-5-1)39-27-31-43(32-28-39)53(44-33-29-40(30-34-44)38-17-6-2-7-18-38)45-22-14-19-41(35-45)49-36-50-47-24-12-13-26-51(47)54(42-20-8-3-9-21-42)52(50)48-25-11-10-23-46(48)49/h1-36H. The van der Waals surface area contributed by atoms with E-state index in [1.807, 2.05) is 0 Å². The van der Waals surface area contributed by atoms with Gasteiger partial charge in [-0.15, -0.1) is 0 Å². The maximum Gasteiger partial charge on any atom is 0.0619 e. The Morgan fingerprint density at radius 2 is 0.778 bits per heavy atom. The monoisotopic (exact) mass is 688 g/mol. The Morgan fingerprint density at radius 1 is 0.296 bits per heavy atom. The molecule has 0 N–H and O–H groups in total. The Balaban J connectivity index is 1.15. The second kappa shape index (κ2) is 13.4. The summed E-state index contributed by atoms with van der Waals surface area (Å²) in [6, 6.07) is 78.8. The van der Waals surface area contributed by atoms with Crippen LogP contribution in [0.1, 0.15) is 0 Å². The third-order valence-electron chi connectivity index (χ3n) is 10.6. The van der Waals surface area contributed by atoms with Gasteiger partial charge in [0.25, 0.3) is 0 Å². The lowest BCUT2D eigenvalue weighted by Gasteiger charge is -2.26. The highest BCUT2D eigenvalue weighted by atomic mass is 15.1. The zero-order valence-electron chi connectivity index (χ0n) is 29.7. The van der Waals surface area contributed by atoms with Crippen molar-refractivity contribution in [1.29, 1.82) is 0 Å². The van der Waals surface area contributed by atoms with Crippen LogP contribution in [0.25, 0.3) is 71.6 Å². The van der Waals surface area contributed by atoms with Crippen molar-refractivity contribution in [3.63, 3.8) is 0 Å². The van der Waals surface area contributed by atoms with E-state index in [-0.39, 0.29) is 0 Å². The minimum Gasteiger partial charge on any atom is -0.310 e. The molecule has 0 radical (unpaired) electrons. The van der Waals surface area contributed by atoms with Crippen LogP contribution in [0.5, 0.6) is 0 Å². The van der Waals surface area contributed by atoms with Gasteiger partial charge in [-0.05, 0) is 99.4 Å². The molecule has 10 rings (SSSR count). The largest absolute Gasteiger partial charge is 0.310 e. The third kappa shape index (κ3) is 5.53. The molecule has 2 nitrogen and oxygen atoms in total. The van der Waals surface area contributed by atoms with Crippen LogP contribution >= 0.6 is 0 Å². The van der Waals surface area contributed by atoms with E-state index in [1.165, 1.54) is 66.0 Å². The molecule has 0 saturated carbocycles. The second-order valence-corrected chi connectivity index (χ2v) is 13.8. The van der Waals surface area contributed by atoms with Crippen molar-refractivity contribution in [2.75, 3.05) is 4.90 Å². The molecular formula is C52H36N2. The molecule has 10 aromatic rings. The van der Waals surface area contributed by atoms with Crippen LogP contribution in [0.15, 0.2) is 218 Å². The van der Waals surface area contributed by atoms with Gasteiger partial charge >= 0.3 is 0 Å². The van der Waals surface area contributed by atoms with E-state index in [9.17, 15) is 0 Å². The number of rotatable bonds is 7. The predicted molar refractivity (Wildman–Crippen MR) is 229 cm³/mol. The zero-order chi connectivity index (χ0) is 35.8. The van der Waals surface area contributed by atoms with Gasteiger partial charge in [-0.2, -0.15) is 0 Å². The molecule has 1 aromatic heterocycles. The summed E-state index contributed by atoms with van der Waals surface area (Å²) in [6.07, 6.45) is 0. The molecule has 0 aliphatic rings. The Labute approximate surface area is 315 Å². The topological polar surface area (TPSA) is 8.17 Å². The van der Waals surface area contributed by atoms with Gasteiger partial charge in [-0.25, -0.2) is 0 Å². The van der Waals surface area contributed by atoms with Crippen molar-refractivity contribution in [3.8, 4) is 39.1 Å². The normalized spacial score (nSPS) is 11.3. The second-order valence-electron chi connectivity index (χ2n) is 13.8. The summed E-state index contributed by atoms with van der Waals surface area (Å²) in [5, 5.41) is 4.96. The number of anilines is 3. The first kappa shape index (κ1) is 31.6. The third-order valence-corrected chi connectivity index (χ3v) is 10.6. The summed E-state index contributed by atoms with van der Waals surface area (Å²) >= 11 is 0.